The number of para-hydroxylation sites is 2. The van der Waals surface area contributed by atoms with E-state index in [1.54, 1.807) is 21.9 Å². The van der Waals surface area contributed by atoms with Crippen LogP contribution >= 0.6 is 31.9 Å². The third-order valence-corrected chi connectivity index (χ3v) is 10.6. The average molecular weight is 799 g/mol. The molecular weight excluding hydrogens is 760 g/mol. The van der Waals surface area contributed by atoms with E-state index < -0.39 is 12.0 Å². The van der Waals surface area contributed by atoms with Crippen molar-refractivity contribution in [3.63, 3.8) is 0 Å². The van der Waals surface area contributed by atoms with E-state index in [0.29, 0.717) is 72.3 Å². The highest BCUT2D eigenvalue weighted by atomic mass is 79.9. The first kappa shape index (κ1) is 34.5. The Morgan fingerprint density at radius 3 is 2.20 bits per heavy atom. The highest BCUT2D eigenvalue weighted by molar-refractivity contribution is 9.11. The Morgan fingerprint density at radius 2 is 1.57 bits per heavy atom. The van der Waals surface area contributed by atoms with Gasteiger partial charge in [-0.25, -0.2) is 9.59 Å². The van der Waals surface area contributed by atoms with Crippen molar-refractivity contribution in [1.82, 2.24) is 29.2 Å². The minimum absolute atomic E-state index is 0.147. The molecule has 49 heavy (non-hydrogen) atoms. The first-order valence-corrected chi connectivity index (χ1v) is 17.7. The lowest BCUT2D eigenvalue weighted by Gasteiger charge is -2.38. The zero-order chi connectivity index (χ0) is 34.7. The summed E-state index contributed by atoms with van der Waals surface area (Å²) in [4.78, 5) is 63.2. The number of rotatable bonds is 8. The Hall–Kier alpha value is -4.37. The molecule has 1 atom stereocenters. The Kier molecular flexibility index (Phi) is 10.6. The Morgan fingerprint density at radius 1 is 0.939 bits per heavy atom. The predicted molar refractivity (Wildman–Crippen MR) is 193 cm³/mol. The van der Waals surface area contributed by atoms with Gasteiger partial charge in [-0.1, -0.05) is 12.1 Å². The minimum atomic E-state index is -0.806. The van der Waals surface area contributed by atoms with Gasteiger partial charge in [0, 0.05) is 78.8 Å². The number of nitrogens with two attached hydrogens (primary N) is 1. The number of imidazole rings is 1. The number of urea groups is 1. The molecule has 2 fully saturated rings. The molecule has 6 rings (SSSR count). The van der Waals surface area contributed by atoms with Crippen LogP contribution in [0.25, 0.3) is 11.0 Å². The molecule has 258 valence electrons. The summed E-state index contributed by atoms with van der Waals surface area (Å²) in [6.07, 6.45) is 4.86. The maximum absolute atomic E-state index is 14.0. The van der Waals surface area contributed by atoms with Crippen molar-refractivity contribution in [2.24, 2.45) is 0 Å². The van der Waals surface area contributed by atoms with Crippen molar-refractivity contribution in [2.45, 2.75) is 37.9 Å². The molecule has 13 nitrogen and oxygen atoms in total. The number of benzene rings is 2. The van der Waals surface area contributed by atoms with Crippen molar-refractivity contribution < 1.29 is 19.1 Å². The quantitative estimate of drug-likeness (QED) is 0.202. The first-order valence-electron chi connectivity index (χ1n) is 16.1. The first-order chi connectivity index (χ1) is 23.6. The van der Waals surface area contributed by atoms with E-state index in [-0.39, 0.29) is 36.6 Å². The molecule has 2 aliphatic rings. The van der Waals surface area contributed by atoms with Gasteiger partial charge in [0.15, 0.2) is 0 Å². The number of fused-ring (bicyclic) bond motifs is 1. The number of nitrogens with zero attached hydrogens (tertiary/aromatic N) is 6. The van der Waals surface area contributed by atoms with Gasteiger partial charge in [0.05, 0.1) is 23.8 Å². The van der Waals surface area contributed by atoms with Crippen LogP contribution in [-0.2, 0) is 27.3 Å². The van der Waals surface area contributed by atoms with Crippen molar-refractivity contribution in [1.29, 1.82) is 0 Å². The highest BCUT2D eigenvalue weighted by Gasteiger charge is 2.33. The number of piperidine rings is 1. The highest BCUT2D eigenvalue weighted by Crippen LogP contribution is 2.31. The number of piperazine rings is 1. The second-order valence-electron chi connectivity index (χ2n) is 12.2. The number of likely N-dealkylation sites (tertiary alicyclic amines) is 1. The number of carbonyl (C=O) groups excluding carboxylic acids is 3. The molecular formula is C34H38Br2N8O5. The summed E-state index contributed by atoms with van der Waals surface area (Å²) >= 11 is 7.00. The number of anilines is 2. The molecule has 0 spiro atoms. The monoisotopic (exact) mass is 796 g/mol. The van der Waals surface area contributed by atoms with E-state index in [0.717, 1.165) is 16.8 Å². The Balaban J connectivity index is 1.16. The fraction of sp³-hybridized carbons (Fsp3) is 0.382. The second kappa shape index (κ2) is 15.0. The lowest BCUT2D eigenvalue weighted by molar-refractivity contribution is -0.141. The van der Waals surface area contributed by atoms with Crippen LogP contribution in [0.15, 0.2) is 74.7 Å². The number of carbonyl (C=O) groups is 3. The normalized spacial score (nSPS) is 16.1. The van der Waals surface area contributed by atoms with Gasteiger partial charge in [0.1, 0.15) is 12.6 Å². The van der Waals surface area contributed by atoms with E-state index in [9.17, 15) is 19.2 Å². The van der Waals surface area contributed by atoms with Crippen LogP contribution in [0.4, 0.5) is 16.2 Å². The molecule has 2 saturated heterocycles. The number of esters is 1. The number of methoxy groups -OCH3 is 1. The maximum atomic E-state index is 14.0. The van der Waals surface area contributed by atoms with Crippen LogP contribution in [0.2, 0.25) is 0 Å². The number of aromatic nitrogens is 3. The lowest BCUT2D eigenvalue weighted by atomic mass is 10.0. The van der Waals surface area contributed by atoms with Crippen LogP contribution in [0, 0.1) is 0 Å². The summed E-state index contributed by atoms with van der Waals surface area (Å²) in [5, 5.41) is 3.04. The number of hydrogen-bond donors (Lipinski definition) is 2. The second-order valence-corrected chi connectivity index (χ2v) is 13.9. The van der Waals surface area contributed by atoms with E-state index in [1.807, 2.05) is 53.4 Å². The van der Waals surface area contributed by atoms with Gasteiger partial charge in [0.25, 0.3) is 0 Å². The maximum Gasteiger partial charge on any atom is 0.329 e. The molecule has 4 aromatic rings. The molecule has 2 aromatic heterocycles. The molecule has 3 amide bonds. The SMILES string of the molecule is COC(=O)Cn1c(=O)n(C2CCN(C(=O)N[C@H](Cc3cc(Br)c(N)c(Br)c3)C(=O)N3CCN(c4ccncc4)CC3)CC2)c2ccccc21. The van der Waals surface area contributed by atoms with Gasteiger partial charge >= 0.3 is 17.7 Å². The van der Waals surface area contributed by atoms with Crippen LogP contribution in [-0.4, -0.2) is 94.2 Å². The predicted octanol–water partition coefficient (Wildman–Crippen LogP) is 3.78. The summed E-state index contributed by atoms with van der Waals surface area (Å²) in [5.74, 6) is -0.651. The molecule has 0 bridgehead atoms. The van der Waals surface area contributed by atoms with Gasteiger partial charge in [-0.05, 0) is 86.7 Å². The fourth-order valence-corrected chi connectivity index (χ4v) is 7.93. The van der Waals surface area contributed by atoms with Crippen molar-refractivity contribution in [3.05, 3.63) is 85.9 Å². The molecule has 0 aliphatic carbocycles. The standard InChI is InChI=1S/C34H38Br2N8O5/c1-49-30(45)21-43-28-4-2-3-5-29(28)44(34(43)48)24-8-12-42(13-9-24)33(47)39-27(20-22-18-25(35)31(37)26(36)19-22)32(46)41-16-14-40(15-17-41)23-6-10-38-11-7-23/h2-7,10-11,18-19,24,27H,8-9,12-17,20-21,37H2,1H3,(H,39,47)/t27-/m1/s1. The van der Waals surface area contributed by atoms with Gasteiger partial charge in [-0.3, -0.25) is 23.7 Å². The lowest BCUT2D eigenvalue weighted by Crippen LogP contribution is -2.57. The van der Waals surface area contributed by atoms with Gasteiger partial charge in [0.2, 0.25) is 5.91 Å². The van der Waals surface area contributed by atoms with Crippen molar-refractivity contribution in [2.75, 3.05) is 57.0 Å². The molecule has 15 heteroatoms. The molecule has 4 heterocycles. The molecule has 0 saturated carbocycles. The number of pyridine rings is 1. The number of nitrogens with one attached hydrogen (secondary N) is 1. The summed E-state index contributed by atoms with van der Waals surface area (Å²) in [6.45, 7) is 2.97. The minimum Gasteiger partial charge on any atom is -0.468 e. The summed E-state index contributed by atoms with van der Waals surface area (Å²) in [6, 6.07) is 13.7. The van der Waals surface area contributed by atoms with Crippen LogP contribution in [0.5, 0.6) is 0 Å². The largest absolute Gasteiger partial charge is 0.468 e. The number of amides is 3. The number of ether oxygens (including phenoxy) is 1. The van der Waals surface area contributed by atoms with Gasteiger partial charge in [-0.2, -0.15) is 0 Å². The van der Waals surface area contributed by atoms with Crippen molar-refractivity contribution in [3.8, 4) is 0 Å². The van der Waals surface area contributed by atoms with Gasteiger partial charge in [-0.15, -0.1) is 0 Å². The third-order valence-electron chi connectivity index (χ3n) is 9.29. The van der Waals surface area contributed by atoms with Crippen LogP contribution in [0.1, 0.15) is 24.4 Å². The zero-order valence-corrected chi connectivity index (χ0v) is 30.2. The Bertz CT molecular complexity index is 1880. The summed E-state index contributed by atoms with van der Waals surface area (Å²) in [5.41, 5.74) is 9.67. The van der Waals surface area contributed by atoms with Gasteiger partial charge < -0.3 is 30.5 Å². The zero-order valence-electron chi connectivity index (χ0n) is 27.1. The smallest absolute Gasteiger partial charge is 0.329 e. The van der Waals surface area contributed by atoms with Crippen molar-refractivity contribution >= 4 is 72.2 Å². The molecule has 0 unspecified atom stereocenters. The topological polar surface area (TPSA) is 148 Å². The van der Waals surface area contributed by atoms with E-state index in [2.05, 4.69) is 47.1 Å². The number of nitrogen functional groups attached to an aromatic ring is 1. The summed E-state index contributed by atoms with van der Waals surface area (Å²) in [7, 11) is 1.29. The molecule has 0 radical (unpaired) electrons. The molecule has 3 N–H and O–H groups in total. The third kappa shape index (κ3) is 7.47. The van der Waals surface area contributed by atoms with E-state index in [4.69, 9.17) is 10.5 Å². The average Bonchev–Trinajstić information content (AvgIpc) is 3.40. The fourth-order valence-electron chi connectivity index (χ4n) is 6.65. The Labute approximate surface area is 300 Å². The number of hydrogen-bond acceptors (Lipinski definition) is 8. The van der Waals surface area contributed by atoms with Crippen LogP contribution in [0.3, 0.4) is 0 Å². The van der Waals surface area contributed by atoms with E-state index >= 15 is 0 Å². The van der Waals surface area contributed by atoms with Crippen LogP contribution < -0.4 is 21.6 Å². The van der Waals surface area contributed by atoms with E-state index in [1.165, 1.54) is 11.7 Å². The molecule has 2 aromatic carbocycles. The number of halogens is 2. The molecule has 2 aliphatic heterocycles. The summed E-state index contributed by atoms with van der Waals surface area (Å²) < 4.78 is 9.37.